The fraction of sp³-hybridized carbons (Fsp3) is 0.909. The molecule has 0 bridgehead atoms. The molecular weight excluding hydrogens is 210 g/mol. The second-order valence-corrected chi connectivity index (χ2v) is 5.14. The number of hydrogen-bond acceptors (Lipinski definition) is 3. The number of nitrogens with zero attached hydrogens (tertiary/aromatic N) is 1. The molecule has 1 saturated heterocycles. The van der Waals surface area contributed by atoms with Crippen LogP contribution in [-0.4, -0.2) is 42.9 Å². The zero-order valence-corrected chi connectivity index (χ0v) is 10.1. The van der Waals surface area contributed by atoms with Crippen LogP contribution < -0.4 is 0 Å². The summed E-state index contributed by atoms with van der Waals surface area (Å²) in [5, 5.41) is 0. The van der Waals surface area contributed by atoms with Gasteiger partial charge in [-0.15, -0.1) is 0 Å². The van der Waals surface area contributed by atoms with E-state index in [1.807, 2.05) is 4.90 Å². The molecule has 0 spiro atoms. The van der Waals surface area contributed by atoms with Crippen molar-refractivity contribution in [3.8, 4) is 0 Å². The van der Waals surface area contributed by atoms with Gasteiger partial charge in [0, 0.05) is 26.6 Å². The van der Waals surface area contributed by atoms with Gasteiger partial charge in [0.2, 0.25) is 5.91 Å². The molecule has 0 aromatic carbocycles. The highest BCUT2D eigenvalue weighted by Crippen LogP contribution is 2.49. The van der Waals surface area contributed by atoms with Gasteiger partial charge in [0.25, 0.3) is 0 Å². The van der Waals surface area contributed by atoms with Crippen molar-refractivity contribution in [2.45, 2.75) is 31.8 Å². The lowest BCUT2D eigenvalue weighted by Crippen LogP contribution is -2.32. The summed E-state index contributed by atoms with van der Waals surface area (Å²) in [7, 11) is 1.72. The molecule has 4 heteroatoms. The molecule has 0 aromatic heterocycles. The minimum atomic E-state index is 0.241. The zero-order valence-electron chi connectivity index (χ0n) is 9.24. The van der Waals surface area contributed by atoms with Crippen molar-refractivity contribution in [3.05, 3.63) is 0 Å². The van der Waals surface area contributed by atoms with Crippen LogP contribution in [0.5, 0.6) is 0 Å². The Hall–Kier alpha value is -0.220. The Morgan fingerprint density at radius 3 is 2.80 bits per heavy atom. The third-order valence-electron chi connectivity index (χ3n) is 3.65. The van der Waals surface area contributed by atoms with Crippen molar-refractivity contribution in [2.75, 3.05) is 26.0 Å². The third kappa shape index (κ3) is 2.48. The normalized spacial score (nSPS) is 28.1. The lowest BCUT2D eigenvalue weighted by molar-refractivity contribution is -0.131. The minimum absolute atomic E-state index is 0.241. The fourth-order valence-corrected chi connectivity index (χ4v) is 2.58. The Kier molecular flexibility index (Phi) is 3.26. The van der Waals surface area contributed by atoms with Gasteiger partial charge in [0.15, 0.2) is 0 Å². The van der Waals surface area contributed by atoms with Crippen molar-refractivity contribution in [1.29, 1.82) is 0 Å². The molecule has 1 heterocycles. The number of carbonyl (C=O) groups is 1. The van der Waals surface area contributed by atoms with Gasteiger partial charge in [-0.25, -0.2) is 0 Å². The molecule has 1 aliphatic carbocycles. The number of thiol groups is 1. The van der Waals surface area contributed by atoms with Crippen LogP contribution in [0.1, 0.15) is 25.7 Å². The highest BCUT2D eigenvalue weighted by Gasteiger charge is 2.44. The predicted molar refractivity (Wildman–Crippen MR) is 62.1 cm³/mol. The number of ether oxygens (including phenoxy) is 1. The van der Waals surface area contributed by atoms with E-state index in [0.717, 1.165) is 25.3 Å². The number of amides is 1. The van der Waals surface area contributed by atoms with Gasteiger partial charge in [0.1, 0.15) is 0 Å². The molecule has 0 aromatic rings. The molecule has 1 aliphatic heterocycles. The highest BCUT2D eigenvalue weighted by molar-refractivity contribution is 7.80. The summed E-state index contributed by atoms with van der Waals surface area (Å²) < 4.78 is 5.25. The summed E-state index contributed by atoms with van der Waals surface area (Å²) >= 11 is 4.32. The summed E-state index contributed by atoms with van der Waals surface area (Å²) in [6.07, 6.45) is 4.26. The molecule has 0 N–H and O–H groups in total. The second kappa shape index (κ2) is 4.34. The Morgan fingerprint density at radius 2 is 2.33 bits per heavy atom. The van der Waals surface area contributed by atoms with Crippen LogP contribution in [0.2, 0.25) is 0 Å². The van der Waals surface area contributed by atoms with Gasteiger partial charge in [-0.2, -0.15) is 12.6 Å². The second-order valence-electron chi connectivity index (χ2n) is 4.82. The molecule has 0 radical (unpaired) electrons. The molecule has 3 nitrogen and oxygen atoms in total. The molecule has 1 amide bonds. The van der Waals surface area contributed by atoms with E-state index < -0.39 is 0 Å². The average molecular weight is 229 g/mol. The van der Waals surface area contributed by atoms with Gasteiger partial charge >= 0.3 is 0 Å². The minimum Gasteiger partial charge on any atom is -0.380 e. The van der Waals surface area contributed by atoms with E-state index in [-0.39, 0.29) is 11.5 Å². The Bertz CT molecular complexity index is 253. The van der Waals surface area contributed by atoms with E-state index in [0.29, 0.717) is 12.3 Å². The largest absolute Gasteiger partial charge is 0.380 e. The number of likely N-dealkylation sites (tertiary alicyclic amines) is 1. The van der Waals surface area contributed by atoms with E-state index in [2.05, 4.69) is 12.6 Å². The predicted octanol–water partition coefficient (Wildman–Crippen LogP) is 1.33. The van der Waals surface area contributed by atoms with Gasteiger partial charge < -0.3 is 9.64 Å². The maximum absolute atomic E-state index is 12.0. The van der Waals surface area contributed by atoms with Crippen LogP contribution in [0.15, 0.2) is 0 Å². The van der Waals surface area contributed by atoms with Crippen LogP contribution in [0.4, 0.5) is 0 Å². The maximum Gasteiger partial charge on any atom is 0.223 e. The van der Waals surface area contributed by atoms with Crippen molar-refractivity contribution < 1.29 is 9.53 Å². The summed E-state index contributed by atoms with van der Waals surface area (Å²) in [6, 6.07) is 0. The van der Waals surface area contributed by atoms with E-state index in [4.69, 9.17) is 4.74 Å². The summed E-state index contributed by atoms with van der Waals surface area (Å²) in [4.78, 5) is 13.9. The number of rotatable bonds is 4. The summed E-state index contributed by atoms with van der Waals surface area (Å²) in [6.45, 7) is 1.64. The monoisotopic (exact) mass is 229 g/mol. The molecular formula is C11H19NO2S. The van der Waals surface area contributed by atoms with Crippen molar-refractivity contribution in [2.24, 2.45) is 5.41 Å². The molecule has 15 heavy (non-hydrogen) atoms. The van der Waals surface area contributed by atoms with Crippen LogP contribution in [-0.2, 0) is 9.53 Å². The number of hydrogen-bond donors (Lipinski definition) is 1. The van der Waals surface area contributed by atoms with Gasteiger partial charge in [0.05, 0.1) is 6.10 Å². The standard InChI is InChI=1S/C11H19NO2S/c1-14-9-2-5-12(7-9)10(13)6-11(8-15)3-4-11/h9,15H,2-8H2,1H3. The molecule has 2 aliphatic rings. The molecule has 2 fully saturated rings. The fourth-order valence-electron chi connectivity index (χ4n) is 2.15. The molecule has 86 valence electrons. The first-order valence-electron chi connectivity index (χ1n) is 5.60. The van der Waals surface area contributed by atoms with E-state index in [9.17, 15) is 4.79 Å². The lowest BCUT2D eigenvalue weighted by atomic mass is 10.0. The molecule has 1 unspecified atom stereocenters. The first kappa shape index (κ1) is 11.3. The third-order valence-corrected chi connectivity index (χ3v) is 4.32. The van der Waals surface area contributed by atoms with Crippen LogP contribution in [0, 0.1) is 5.41 Å². The SMILES string of the molecule is COC1CCN(C(=O)CC2(CS)CC2)C1. The van der Waals surface area contributed by atoms with Gasteiger partial charge in [-0.3, -0.25) is 4.79 Å². The number of methoxy groups -OCH3 is 1. The smallest absolute Gasteiger partial charge is 0.223 e. The first-order chi connectivity index (χ1) is 7.19. The Morgan fingerprint density at radius 1 is 1.60 bits per heavy atom. The maximum atomic E-state index is 12.0. The first-order valence-corrected chi connectivity index (χ1v) is 6.24. The summed E-state index contributed by atoms with van der Waals surface area (Å²) in [5.74, 6) is 1.14. The lowest BCUT2D eigenvalue weighted by Gasteiger charge is -2.19. The Balaban J connectivity index is 1.82. The quantitative estimate of drug-likeness (QED) is 0.737. The summed E-state index contributed by atoms with van der Waals surface area (Å²) in [5.41, 5.74) is 0.241. The van der Waals surface area contributed by atoms with Gasteiger partial charge in [-0.1, -0.05) is 0 Å². The highest BCUT2D eigenvalue weighted by atomic mass is 32.1. The topological polar surface area (TPSA) is 29.5 Å². The van der Waals surface area contributed by atoms with Gasteiger partial charge in [-0.05, 0) is 30.4 Å². The van der Waals surface area contributed by atoms with Crippen LogP contribution >= 0.6 is 12.6 Å². The molecule has 1 atom stereocenters. The van der Waals surface area contributed by atoms with Crippen molar-refractivity contribution >= 4 is 18.5 Å². The molecule has 2 rings (SSSR count). The van der Waals surface area contributed by atoms with Crippen molar-refractivity contribution in [3.63, 3.8) is 0 Å². The zero-order chi connectivity index (χ0) is 10.9. The molecule has 1 saturated carbocycles. The average Bonchev–Trinajstić information content (AvgIpc) is 2.85. The van der Waals surface area contributed by atoms with Crippen LogP contribution in [0.25, 0.3) is 0 Å². The van der Waals surface area contributed by atoms with E-state index in [1.54, 1.807) is 7.11 Å². The Labute approximate surface area is 96.6 Å². The van der Waals surface area contributed by atoms with E-state index >= 15 is 0 Å². The number of carbonyl (C=O) groups excluding carboxylic acids is 1. The van der Waals surface area contributed by atoms with Crippen molar-refractivity contribution in [1.82, 2.24) is 4.90 Å². The van der Waals surface area contributed by atoms with Crippen LogP contribution in [0.3, 0.4) is 0 Å². The van der Waals surface area contributed by atoms with E-state index in [1.165, 1.54) is 12.8 Å².